The van der Waals surface area contributed by atoms with E-state index in [0.717, 1.165) is 25.1 Å². The van der Waals surface area contributed by atoms with Crippen LogP contribution in [0, 0.1) is 5.92 Å². The number of likely N-dealkylation sites (N-methyl/N-ethyl adjacent to an activating group) is 1. The summed E-state index contributed by atoms with van der Waals surface area (Å²) in [6.07, 6.45) is 1.92. The van der Waals surface area contributed by atoms with Gasteiger partial charge in [0.1, 0.15) is 5.69 Å². The summed E-state index contributed by atoms with van der Waals surface area (Å²) in [6.45, 7) is 10.2. The van der Waals surface area contributed by atoms with Gasteiger partial charge in [-0.2, -0.15) is 5.10 Å². The van der Waals surface area contributed by atoms with Crippen LogP contribution in [0.25, 0.3) is 0 Å². The number of amides is 1. The predicted molar refractivity (Wildman–Crippen MR) is 86.5 cm³/mol. The van der Waals surface area contributed by atoms with E-state index >= 15 is 0 Å². The van der Waals surface area contributed by atoms with Crippen molar-refractivity contribution in [3.05, 3.63) is 17.5 Å². The van der Waals surface area contributed by atoms with Crippen LogP contribution in [-0.4, -0.2) is 46.8 Å². The number of carbonyl (C=O) groups is 1. The van der Waals surface area contributed by atoms with E-state index in [9.17, 15) is 4.79 Å². The standard InChI is InChI=1S/C16H30N4O/c1-7-14(19(5)8-2)11-17-16(21)15-10-13(9-12(3)4)18-20(15)6/h10,12,14H,7-9,11H2,1-6H3,(H,17,21)/t14-/m0/s1. The van der Waals surface area contributed by atoms with Crippen molar-refractivity contribution in [1.29, 1.82) is 0 Å². The highest BCUT2D eigenvalue weighted by molar-refractivity contribution is 5.92. The molecular weight excluding hydrogens is 264 g/mol. The molecule has 0 unspecified atom stereocenters. The third-order valence-corrected chi connectivity index (χ3v) is 3.87. The quantitative estimate of drug-likeness (QED) is 0.798. The summed E-state index contributed by atoms with van der Waals surface area (Å²) in [5, 5.41) is 7.45. The molecule has 0 saturated carbocycles. The second kappa shape index (κ2) is 8.17. The van der Waals surface area contributed by atoms with Crippen molar-refractivity contribution in [3.63, 3.8) is 0 Å². The summed E-state index contributed by atoms with van der Waals surface area (Å²) in [5.41, 5.74) is 1.62. The molecule has 1 aromatic rings. The van der Waals surface area contributed by atoms with Crippen molar-refractivity contribution in [3.8, 4) is 0 Å². The zero-order chi connectivity index (χ0) is 16.0. The van der Waals surface area contributed by atoms with E-state index in [2.05, 4.69) is 50.1 Å². The molecule has 5 heteroatoms. The predicted octanol–water partition coefficient (Wildman–Crippen LogP) is 2.08. The first-order valence-corrected chi connectivity index (χ1v) is 7.90. The van der Waals surface area contributed by atoms with Gasteiger partial charge in [0.05, 0.1) is 5.69 Å². The zero-order valence-corrected chi connectivity index (χ0v) is 14.3. The maximum Gasteiger partial charge on any atom is 0.269 e. The van der Waals surface area contributed by atoms with E-state index in [-0.39, 0.29) is 5.91 Å². The average molecular weight is 294 g/mol. The molecule has 0 aliphatic carbocycles. The lowest BCUT2D eigenvalue weighted by Crippen LogP contribution is -2.41. The van der Waals surface area contributed by atoms with Crippen LogP contribution in [0.3, 0.4) is 0 Å². The van der Waals surface area contributed by atoms with Gasteiger partial charge in [-0.3, -0.25) is 9.48 Å². The van der Waals surface area contributed by atoms with Crippen LogP contribution in [0.5, 0.6) is 0 Å². The Hall–Kier alpha value is -1.36. The van der Waals surface area contributed by atoms with Crippen molar-refractivity contribution in [2.75, 3.05) is 20.1 Å². The average Bonchev–Trinajstić information content (AvgIpc) is 2.78. The first-order chi connectivity index (χ1) is 9.88. The molecule has 1 heterocycles. The maximum atomic E-state index is 12.3. The van der Waals surface area contributed by atoms with Crippen LogP contribution in [0.2, 0.25) is 0 Å². The lowest BCUT2D eigenvalue weighted by molar-refractivity contribution is 0.0929. The molecule has 1 N–H and O–H groups in total. The maximum absolute atomic E-state index is 12.3. The molecule has 0 spiro atoms. The summed E-state index contributed by atoms with van der Waals surface area (Å²) in [7, 11) is 3.92. The van der Waals surface area contributed by atoms with E-state index in [4.69, 9.17) is 0 Å². The molecule has 0 fully saturated rings. The van der Waals surface area contributed by atoms with Crippen LogP contribution < -0.4 is 5.32 Å². The number of carbonyl (C=O) groups excluding carboxylic acids is 1. The Morgan fingerprint density at radius 2 is 2.10 bits per heavy atom. The fourth-order valence-electron chi connectivity index (χ4n) is 2.43. The second-order valence-corrected chi connectivity index (χ2v) is 6.09. The molecule has 1 amide bonds. The molecule has 21 heavy (non-hydrogen) atoms. The summed E-state index contributed by atoms with van der Waals surface area (Å²) in [4.78, 5) is 14.6. The first-order valence-electron chi connectivity index (χ1n) is 7.90. The van der Waals surface area contributed by atoms with E-state index in [0.29, 0.717) is 24.2 Å². The van der Waals surface area contributed by atoms with Gasteiger partial charge in [-0.05, 0) is 38.4 Å². The van der Waals surface area contributed by atoms with Crippen molar-refractivity contribution < 1.29 is 4.79 Å². The number of aromatic nitrogens is 2. The number of nitrogens with one attached hydrogen (secondary N) is 1. The first kappa shape index (κ1) is 17.7. The van der Waals surface area contributed by atoms with Crippen molar-refractivity contribution in [2.45, 2.75) is 46.6 Å². The number of aryl methyl sites for hydroxylation is 1. The minimum atomic E-state index is -0.0389. The molecular formula is C16H30N4O. The second-order valence-electron chi connectivity index (χ2n) is 6.09. The highest BCUT2D eigenvalue weighted by Crippen LogP contribution is 2.09. The Balaban J connectivity index is 2.65. The topological polar surface area (TPSA) is 50.2 Å². The fourth-order valence-corrected chi connectivity index (χ4v) is 2.43. The number of rotatable bonds is 8. The van der Waals surface area contributed by atoms with Crippen LogP contribution in [0.15, 0.2) is 6.07 Å². The number of hydrogen-bond donors (Lipinski definition) is 1. The Kier molecular flexibility index (Phi) is 6.89. The van der Waals surface area contributed by atoms with E-state index in [1.807, 2.05) is 13.1 Å². The van der Waals surface area contributed by atoms with Gasteiger partial charge >= 0.3 is 0 Å². The van der Waals surface area contributed by atoms with Crippen LogP contribution in [-0.2, 0) is 13.5 Å². The molecule has 5 nitrogen and oxygen atoms in total. The molecule has 0 radical (unpaired) electrons. The number of hydrogen-bond acceptors (Lipinski definition) is 3. The van der Waals surface area contributed by atoms with E-state index < -0.39 is 0 Å². The van der Waals surface area contributed by atoms with Gasteiger partial charge < -0.3 is 10.2 Å². The Bertz CT molecular complexity index is 453. The monoisotopic (exact) mass is 294 g/mol. The molecule has 0 aliphatic rings. The van der Waals surface area contributed by atoms with E-state index in [1.54, 1.807) is 4.68 Å². The lowest BCUT2D eigenvalue weighted by atomic mass is 10.1. The van der Waals surface area contributed by atoms with Gasteiger partial charge in [0.25, 0.3) is 5.91 Å². The van der Waals surface area contributed by atoms with Crippen LogP contribution in [0.1, 0.15) is 50.3 Å². The summed E-state index contributed by atoms with van der Waals surface area (Å²) in [6, 6.07) is 2.28. The van der Waals surface area contributed by atoms with Gasteiger partial charge in [0.2, 0.25) is 0 Å². The van der Waals surface area contributed by atoms with Gasteiger partial charge in [-0.25, -0.2) is 0 Å². The molecule has 0 aliphatic heterocycles. The van der Waals surface area contributed by atoms with Gasteiger partial charge in [0.15, 0.2) is 0 Å². The van der Waals surface area contributed by atoms with Gasteiger partial charge in [0, 0.05) is 19.6 Å². The highest BCUT2D eigenvalue weighted by atomic mass is 16.2. The summed E-state index contributed by atoms with van der Waals surface area (Å²) >= 11 is 0. The smallest absolute Gasteiger partial charge is 0.269 e. The molecule has 120 valence electrons. The molecule has 1 rings (SSSR count). The zero-order valence-electron chi connectivity index (χ0n) is 14.3. The summed E-state index contributed by atoms with van der Waals surface area (Å²) < 4.78 is 1.68. The molecule has 0 aromatic carbocycles. The number of nitrogens with zero attached hydrogens (tertiary/aromatic N) is 3. The van der Waals surface area contributed by atoms with Gasteiger partial charge in [-0.1, -0.05) is 27.7 Å². The SMILES string of the molecule is CC[C@@H](CNC(=O)c1cc(CC(C)C)nn1C)N(C)CC. The largest absolute Gasteiger partial charge is 0.349 e. The molecule has 1 atom stereocenters. The fraction of sp³-hybridized carbons (Fsp3) is 0.750. The van der Waals surface area contributed by atoms with Gasteiger partial charge in [-0.15, -0.1) is 0 Å². The Morgan fingerprint density at radius 3 is 2.62 bits per heavy atom. The van der Waals surface area contributed by atoms with E-state index in [1.165, 1.54) is 0 Å². The van der Waals surface area contributed by atoms with Crippen molar-refractivity contribution in [1.82, 2.24) is 20.0 Å². The highest BCUT2D eigenvalue weighted by Gasteiger charge is 2.16. The normalized spacial score (nSPS) is 13.0. The third kappa shape index (κ3) is 5.16. The lowest BCUT2D eigenvalue weighted by Gasteiger charge is -2.25. The molecule has 0 saturated heterocycles. The van der Waals surface area contributed by atoms with Crippen LogP contribution in [0.4, 0.5) is 0 Å². The minimum Gasteiger partial charge on any atom is -0.349 e. The third-order valence-electron chi connectivity index (χ3n) is 3.87. The van der Waals surface area contributed by atoms with Crippen molar-refractivity contribution >= 4 is 5.91 Å². The van der Waals surface area contributed by atoms with Crippen LogP contribution >= 0.6 is 0 Å². The summed E-state index contributed by atoms with van der Waals surface area (Å²) in [5.74, 6) is 0.501. The Morgan fingerprint density at radius 1 is 1.43 bits per heavy atom. The van der Waals surface area contributed by atoms with Crippen molar-refractivity contribution in [2.24, 2.45) is 13.0 Å². The molecule has 0 bridgehead atoms. The molecule has 1 aromatic heterocycles. The Labute approximate surface area is 128 Å². The minimum absolute atomic E-state index is 0.0389.